The molecule has 3 heteroatoms. The molecule has 0 aromatic carbocycles. The van der Waals surface area contributed by atoms with E-state index in [1.165, 1.54) is 45.2 Å². The zero-order valence-corrected chi connectivity index (χ0v) is 10.6. The van der Waals surface area contributed by atoms with E-state index in [1.54, 1.807) is 0 Å². The van der Waals surface area contributed by atoms with Gasteiger partial charge in [-0.2, -0.15) is 0 Å². The fraction of sp³-hybridized carbons (Fsp3) is 1.00. The van der Waals surface area contributed by atoms with Gasteiger partial charge in [-0.25, -0.2) is 0 Å². The fourth-order valence-corrected chi connectivity index (χ4v) is 2.06. The minimum Gasteiger partial charge on any atom is -0.325 e. The summed E-state index contributed by atoms with van der Waals surface area (Å²) in [4.78, 5) is 4.65. The zero-order valence-electron chi connectivity index (χ0n) is 10.6. The highest BCUT2D eigenvalue weighted by Gasteiger charge is 2.31. The maximum absolute atomic E-state index is 6.19. The predicted molar refractivity (Wildman–Crippen MR) is 66.1 cm³/mol. The summed E-state index contributed by atoms with van der Waals surface area (Å²) in [6.07, 6.45) is 6.23. The van der Waals surface area contributed by atoms with Crippen molar-refractivity contribution in [1.82, 2.24) is 9.80 Å². The molecule has 0 atom stereocenters. The molecule has 1 rings (SSSR count). The van der Waals surface area contributed by atoms with Gasteiger partial charge in [0.1, 0.15) is 0 Å². The van der Waals surface area contributed by atoms with Gasteiger partial charge in [-0.3, -0.25) is 0 Å². The van der Waals surface area contributed by atoms with Gasteiger partial charge < -0.3 is 15.5 Å². The summed E-state index contributed by atoms with van der Waals surface area (Å²) in [5.41, 5.74) is 6.38. The molecule has 0 saturated heterocycles. The molecule has 0 aliphatic heterocycles. The van der Waals surface area contributed by atoms with E-state index in [4.69, 9.17) is 5.73 Å². The molecule has 0 radical (unpaired) electrons. The SMILES string of the molecule is CN(C)CCCN(C)CCC1(N)CCC1. The Morgan fingerprint density at radius 3 is 2.20 bits per heavy atom. The Bertz CT molecular complexity index is 176. The normalized spacial score (nSPS) is 19.6. The Morgan fingerprint density at radius 1 is 1.07 bits per heavy atom. The maximum atomic E-state index is 6.19. The quantitative estimate of drug-likeness (QED) is 0.688. The number of nitrogens with two attached hydrogens (primary N) is 1. The van der Waals surface area contributed by atoms with Gasteiger partial charge in [-0.1, -0.05) is 0 Å². The van der Waals surface area contributed by atoms with Crippen molar-refractivity contribution in [3.05, 3.63) is 0 Å². The van der Waals surface area contributed by atoms with Crippen molar-refractivity contribution in [1.29, 1.82) is 0 Å². The van der Waals surface area contributed by atoms with Crippen LogP contribution in [0.4, 0.5) is 0 Å². The third-order valence-corrected chi connectivity index (χ3v) is 3.49. The van der Waals surface area contributed by atoms with E-state index in [9.17, 15) is 0 Å². The van der Waals surface area contributed by atoms with Crippen molar-refractivity contribution in [3.63, 3.8) is 0 Å². The molecule has 0 heterocycles. The second-order valence-corrected chi connectivity index (χ2v) is 5.43. The van der Waals surface area contributed by atoms with Crippen LogP contribution in [0, 0.1) is 0 Å². The standard InChI is InChI=1S/C12H27N3/c1-14(2)9-5-10-15(3)11-8-12(13)6-4-7-12/h4-11,13H2,1-3H3. The molecule has 0 aromatic rings. The van der Waals surface area contributed by atoms with Crippen LogP contribution < -0.4 is 5.73 Å². The Balaban J connectivity index is 2.00. The van der Waals surface area contributed by atoms with Crippen molar-refractivity contribution in [2.45, 2.75) is 37.6 Å². The predicted octanol–water partition coefficient (Wildman–Crippen LogP) is 1.14. The largest absolute Gasteiger partial charge is 0.325 e. The van der Waals surface area contributed by atoms with Gasteiger partial charge in [0.25, 0.3) is 0 Å². The van der Waals surface area contributed by atoms with E-state index in [1.807, 2.05) is 0 Å². The Labute approximate surface area is 94.6 Å². The van der Waals surface area contributed by atoms with Crippen LogP contribution >= 0.6 is 0 Å². The molecule has 3 nitrogen and oxygen atoms in total. The molecular formula is C12H27N3. The molecule has 1 fully saturated rings. The van der Waals surface area contributed by atoms with E-state index in [0.29, 0.717) is 0 Å². The molecule has 0 aromatic heterocycles. The minimum absolute atomic E-state index is 0.190. The second-order valence-electron chi connectivity index (χ2n) is 5.43. The summed E-state index contributed by atoms with van der Waals surface area (Å²) < 4.78 is 0. The molecule has 1 aliphatic carbocycles. The van der Waals surface area contributed by atoms with Crippen molar-refractivity contribution >= 4 is 0 Å². The summed E-state index contributed by atoms with van der Waals surface area (Å²) in [6, 6.07) is 0. The second kappa shape index (κ2) is 5.83. The number of rotatable bonds is 7. The van der Waals surface area contributed by atoms with Crippen LogP contribution in [-0.4, -0.2) is 56.1 Å². The van der Waals surface area contributed by atoms with Crippen LogP contribution in [-0.2, 0) is 0 Å². The summed E-state index contributed by atoms with van der Waals surface area (Å²) in [5.74, 6) is 0. The van der Waals surface area contributed by atoms with Crippen LogP contribution in [0.1, 0.15) is 32.1 Å². The van der Waals surface area contributed by atoms with Crippen LogP contribution in [0.25, 0.3) is 0 Å². The summed E-state index contributed by atoms with van der Waals surface area (Å²) in [6.45, 7) is 3.52. The molecule has 90 valence electrons. The van der Waals surface area contributed by atoms with Crippen molar-refractivity contribution in [2.24, 2.45) is 5.73 Å². The fourth-order valence-electron chi connectivity index (χ4n) is 2.06. The lowest BCUT2D eigenvalue weighted by molar-refractivity contribution is 0.193. The Hall–Kier alpha value is -0.120. The topological polar surface area (TPSA) is 32.5 Å². The maximum Gasteiger partial charge on any atom is 0.0166 e. The van der Waals surface area contributed by atoms with E-state index >= 15 is 0 Å². The molecule has 1 aliphatic rings. The van der Waals surface area contributed by atoms with Gasteiger partial charge in [0.2, 0.25) is 0 Å². The lowest BCUT2D eigenvalue weighted by Gasteiger charge is -2.39. The minimum atomic E-state index is 0.190. The highest BCUT2D eigenvalue weighted by atomic mass is 15.1. The van der Waals surface area contributed by atoms with E-state index in [0.717, 1.165) is 6.54 Å². The first kappa shape index (κ1) is 12.9. The van der Waals surface area contributed by atoms with E-state index < -0.39 is 0 Å². The van der Waals surface area contributed by atoms with Gasteiger partial charge in [0.05, 0.1) is 0 Å². The number of hydrogen-bond acceptors (Lipinski definition) is 3. The molecule has 0 unspecified atom stereocenters. The molecular weight excluding hydrogens is 186 g/mol. The highest BCUT2D eigenvalue weighted by Crippen LogP contribution is 2.31. The van der Waals surface area contributed by atoms with Gasteiger partial charge in [0.15, 0.2) is 0 Å². The summed E-state index contributed by atoms with van der Waals surface area (Å²) >= 11 is 0. The van der Waals surface area contributed by atoms with Crippen molar-refractivity contribution in [3.8, 4) is 0 Å². The number of nitrogens with zero attached hydrogens (tertiary/aromatic N) is 2. The van der Waals surface area contributed by atoms with Crippen LogP contribution in [0.15, 0.2) is 0 Å². The Kier molecular flexibility index (Phi) is 5.03. The van der Waals surface area contributed by atoms with Gasteiger partial charge in [0, 0.05) is 5.54 Å². The van der Waals surface area contributed by atoms with Crippen molar-refractivity contribution in [2.75, 3.05) is 40.8 Å². The van der Waals surface area contributed by atoms with Crippen LogP contribution in [0.5, 0.6) is 0 Å². The molecule has 0 spiro atoms. The van der Waals surface area contributed by atoms with Gasteiger partial charge in [-0.15, -0.1) is 0 Å². The first-order chi connectivity index (χ1) is 7.02. The van der Waals surface area contributed by atoms with Gasteiger partial charge in [-0.05, 0) is 72.9 Å². The summed E-state index contributed by atoms with van der Waals surface area (Å²) in [5, 5.41) is 0. The Morgan fingerprint density at radius 2 is 1.73 bits per heavy atom. The smallest absolute Gasteiger partial charge is 0.0166 e. The monoisotopic (exact) mass is 213 g/mol. The molecule has 1 saturated carbocycles. The average molecular weight is 213 g/mol. The average Bonchev–Trinajstić information content (AvgIpc) is 2.11. The number of hydrogen-bond donors (Lipinski definition) is 1. The molecule has 15 heavy (non-hydrogen) atoms. The van der Waals surface area contributed by atoms with Gasteiger partial charge >= 0.3 is 0 Å². The molecule has 2 N–H and O–H groups in total. The van der Waals surface area contributed by atoms with Crippen LogP contribution in [0.3, 0.4) is 0 Å². The third-order valence-electron chi connectivity index (χ3n) is 3.49. The first-order valence-corrected chi connectivity index (χ1v) is 6.14. The summed E-state index contributed by atoms with van der Waals surface area (Å²) in [7, 11) is 6.46. The van der Waals surface area contributed by atoms with Crippen LogP contribution in [0.2, 0.25) is 0 Å². The third kappa shape index (κ3) is 4.96. The highest BCUT2D eigenvalue weighted by molar-refractivity contribution is 4.92. The molecule has 0 amide bonds. The lowest BCUT2D eigenvalue weighted by Crippen LogP contribution is -2.48. The lowest BCUT2D eigenvalue weighted by atomic mass is 9.75. The van der Waals surface area contributed by atoms with E-state index in [2.05, 4.69) is 30.9 Å². The van der Waals surface area contributed by atoms with Crippen molar-refractivity contribution < 1.29 is 0 Å². The first-order valence-electron chi connectivity index (χ1n) is 6.14. The molecule has 0 bridgehead atoms. The zero-order chi connectivity index (χ0) is 11.3. The van der Waals surface area contributed by atoms with E-state index in [-0.39, 0.29) is 5.54 Å².